The average molecular weight is 210 g/mol. The van der Waals surface area contributed by atoms with Crippen molar-refractivity contribution in [1.29, 1.82) is 0 Å². The summed E-state index contributed by atoms with van der Waals surface area (Å²) in [6.45, 7) is 12.4. The van der Waals surface area contributed by atoms with Gasteiger partial charge in [-0.3, -0.25) is 0 Å². The fraction of sp³-hybridized carbons (Fsp3) is 0.833. The molecule has 0 aromatic carbocycles. The summed E-state index contributed by atoms with van der Waals surface area (Å²) in [5, 5.41) is 3.35. The van der Waals surface area contributed by atoms with E-state index in [2.05, 4.69) is 30.6 Å². The zero-order valence-corrected chi connectivity index (χ0v) is 9.88. The summed E-state index contributed by atoms with van der Waals surface area (Å²) < 4.78 is 5.96. The van der Waals surface area contributed by atoms with Crippen LogP contribution in [0.2, 0.25) is 0 Å². The van der Waals surface area contributed by atoms with Gasteiger partial charge in [0.2, 0.25) is 0 Å². The number of nitrogens with one attached hydrogen (secondary N) is 1. The Morgan fingerprint density at radius 3 is 2.53 bits per heavy atom. The average Bonchev–Trinajstić information content (AvgIpc) is 2.24. The van der Waals surface area contributed by atoms with Crippen molar-refractivity contribution < 1.29 is 4.74 Å². The number of piperidine rings is 1. The largest absolute Gasteiger partial charge is 0.384 e. The third kappa shape index (κ3) is 2.34. The number of hydrogen-bond acceptors (Lipinski definition) is 3. The van der Waals surface area contributed by atoms with Crippen LogP contribution in [0.4, 0.5) is 0 Å². The van der Waals surface area contributed by atoms with Gasteiger partial charge in [0.05, 0.1) is 12.2 Å². The summed E-state index contributed by atoms with van der Waals surface area (Å²) in [5.41, 5.74) is 1.11. The highest BCUT2D eigenvalue weighted by molar-refractivity contribution is 5.02. The second-order valence-electron chi connectivity index (χ2n) is 5.06. The topological polar surface area (TPSA) is 24.5 Å². The van der Waals surface area contributed by atoms with E-state index >= 15 is 0 Å². The Morgan fingerprint density at radius 2 is 2.07 bits per heavy atom. The SMILES string of the molecule is C=C1COC2(CCN(C(C)C)CC2)CN1. The van der Waals surface area contributed by atoms with Crippen molar-refractivity contribution in [3.05, 3.63) is 12.3 Å². The van der Waals surface area contributed by atoms with E-state index in [4.69, 9.17) is 4.74 Å². The highest BCUT2D eigenvalue weighted by atomic mass is 16.5. The molecule has 0 aromatic rings. The number of rotatable bonds is 1. The van der Waals surface area contributed by atoms with Crippen LogP contribution >= 0.6 is 0 Å². The van der Waals surface area contributed by atoms with Gasteiger partial charge in [0.25, 0.3) is 0 Å². The van der Waals surface area contributed by atoms with E-state index in [1.807, 2.05) is 0 Å². The lowest BCUT2D eigenvalue weighted by molar-refractivity contribution is -0.0915. The minimum atomic E-state index is 0.0899. The van der Waals surface area contributed by atoms with Crippen LogP contribution in [0, 0.1) is 0 Å². The summed E-state index contributed by atoms with van der Waals surface area (Å²) in [6, 6.07) is 0.661. The Hall–Kier alpha value is -0.540. The van der Waals surface area contributed by atoms with E-state index in [9.17, 15) is 0 Å². The molecule has 2 fully saturated rings. The van der Waals surface area contributed by atoms with Gasteiger partial charge in [0, 0.05) is 31.4 Å². The molecule has 0 amide bonds. The van der Waals surface area contributed by atoms with E-state index in [1.54, 1.807) is 0 Å². The summed E-state index contributed by atoms with van der Waals surface area (Å²) in [7, 11) is 0. The summed E-state index contributed by atoms with van der Waals surface area (Å²) >= 11 is 0. The molecule has 2 rings (SSSR count). The van der Waals surface area contributed by atoms with Crippen molar-refractivity contribution in [2.75, 3.05) is 26.2 Å². The molecule has 0 saturated carbocycles. The highest BCUT2D eigenvalue weighted by Gasteiger charge is 2.38. The number of morpholine rings is 1. The van der Waals surface area contributed by atoms with Crippen LogP contribution in [0.15, 0.2) is 12.3 Å². The van der Waals surface area contributed by atoms with Crippen LogP contribution in [-0.2, 0) is 4.74 Å². The molecular weight excluding hydrogens is 188 g/mol. The monoisotopic (exact) mass is 210 g/mol. The molecule has 0 aromatic heterocycles. The minimum absolute atomic E-state index is 0.0899. The van der Waals surface area contributed by atoms with Gasteiger partial charge < -0.3 is 15.0 Å². The summed E-state index contributed by atoms with van der Waals surface area (Å²) in [4.78, 5) is 2.53. The molecule has 86 valence electrons. The molecule has 0 atom stereocenters. The van der Waals surface area contributed by atoms with E-state index in [0.29, 0.717) is 12.6 Å². The van der Waals surface area contributed by atoms with Gasteiger partial charge in [-0.2, -0.15) is 0 Å². The minimum Gasteiger partial charge on any atom is -0.384 e. The molecule has 2 aliphatic heterocycles. The maximum absolute atomic E-state index is 5.96. The van der Waals surface area contributed by atoms with Crippen LogP contribution in [0.25, 0.3) is 0 Å². The number of likely N-dealkylation sites (tertiary alicyclic amines) is 1. The molecule has 1 spiro atoms. The second kappa shape index (κ2) is 4.14. The Morgan fingerprint density at radius 1 is 1.40 bits per heavy atom. The Labute approximate surface area is 92.5 Å². The van der Waals surface area contributed by atoms with E-state index < -0.39 is 0 Å². The van der Waals surface area contributed by atoms with Crippen molar-refractivity contribution in [1.82, 2.24) is 10.2 Å². The fourth-order valence-corrected chi connectivity index (χ4v) is 2.40. The molecule has 2 saturated heterocycles. The maximum Gasteiger partial charge on any atom is 0.0883 e. The molecule has 1 N–H and O–H groups in total. The van der Waals surface area contributed by atoms with Gasteiger partial charge in [0.1, 0.15) is 0 Å². The lowest BCUT2D eigenvalue weighted by Gasteiger charge is -2.45. The lowest BCUT2D eigenvalue weighted by atomic mass is 9.89. The molecule has 2 aliphatic rings. The van der Waals surface area contributed by atoms with Crippen LogP contribution in [0.1, 0.15) is 26.7 Å². The Balaban J connectivity index is 1.89. The second-order valence-corrected chi connectivity index (χ2v) is 5.06. The van der Waals surface area contributed by atoms with Gasteiger partial charge in [-0.15, -0.1) is 0 Å². The van der Waals surface area contributed by atoms with Crippen molar-refractivity contribution in [3.8, 4) is 0 Å². The number of ether oxygens (including phenoxy) is 1. The van der Waals surface area contributed by atoms with Gasteiger partial charge in [-0.1, -0.05) is 6.58 Å². The standard InChI is InChI=1S/C12H22N2O/c1-10(2)14-6-4-12(5-7-14)9-13-11(3)8-15-12/h10,13H,3-9H2,1-2H3. The molecule has 2 heterocycles. The lowest BCUT2D eigenvalue weighted by Crippen LogP contribution is -2.55. The van der Waals surface area contributed by atoms with Crippen molar-refractivity contribution in [2.45, 2.75) is 38.3 Å². The normalized spacial score (nSPS) is 27.0. The first-order valence-electron chi connectivity index (χ1n) is 5.91. The predicted molar refractivity (Wildman–Crippen MR) is 61.8 cm³/mol. The predicted octanol–water partition coefficient (Wildman–Crippen LogP) is 1.36. The fourth-order valence-electron chi connectivity index (χ4n) is 2.40. The van der Waals surface area contributed by atoms with Crippen molar-refractivity contribution >= 4 is 0 Å². The number of nitrogens with zero attached hydrogens (tertiary/aromatic N) is 1. The molecule has 0 bridgehead atoms. The maximum atomic E-state index is 5.96. The van der Waals surface area contributed by atoms with Crippen molar-refractivity contribution in [2.24, 2.45) is 0 Å². The quantitative estimate of drug-likeness (QED) is 0.707. The van der Waals surface area contributed by atoms with Gasteiger partial charge in [0.15, 0.2) is 0 Å². The smallest absolute Gasteiger partial charge is 0.0883 e. The Bertz CT molecular complexity index is 230. The van der Waals surface area contributed by atoms with Crippen LogP contribution in [0.5, 0.6) is 0 Å². The Kier molecular flexibility index (Phi) is 3.03. The van der Waals surface area contributed by atoms with Crippen LogP contribution in [-0.4, -0.2) is 42.8 Å². The molecule has 3 nitrogen and oxygen atoms in total. The zero-order chi connectivity index (χ0) is 10.9. The first-order chi connectivity index (χ1) is 7.11. The van der Waals surface area contributed by atoms with Crippen LogP contribution < -0.4 is 5.32 Å². The molecule has 0 radical (unpaired) electrons. The molecule has 0 aliphatic carbocycles. The van der Waals surface area contributed by atoms with Crippen LogP contribution in [0.3, 0.4) is 0 Å². The van der Waals surface area contributed by atoms with Gasteiger partial charge >= 0.3 is 0 Å². The third-order valence-electron chi connectivity index (χ3n) is 3.65. The molecule has 0 unspecified atom stereocenters. The first-order valence-corrected chi connectivity index (χ1v) is 5.91. The van der Waals surface area contributed by atoms with Gasteiger partial charge in [-0.05, 0) is 26.7 Å². The molecular formula is C12H22N2O. The summed E-state index contributed by atoms with van der Waals surface area (Å²) in [6.07, 6.45) is 2.29. The number of hydrogen-bond donors (Lipinski definition) is 1. The third-order valence-corrected chi connectivity index (χ3v) is 3.65. The zero-order valence-electron chi connectivity index (χ0n) is 9.88. The van der Waals surface area contributed by atoms with Gasteiger partial charge in [-0.25, -0.2) is 0 Å². The van der Waals surface area contributed by atoms with E-state index in [0.717, 1.165) is 38.2 Å². The van der Waals surface area contributed by atoms with E-state index in [-0.39, 0.29) is 5.60 Å². The first kappa shape index (κ1) is 11.0. The summed E-state index contributed by atoms with van der Waals surface area (Å²) in [5.74, 6) is 0. The molecule has 3 heteroatoms. The molecule has 15 heavy (non-hydrogen) atoms. The highest BCUT2D eigenvalue weighted by Crippen LogP contribution is 2.29. The van der Waals surface area contributed by atoms with Crippen molar-refractivity contribution in [3.63, 3.8) is 0 Å². The van der Waals surface area contributed by atoms with E-state index in [1.165, 1.54) is 0 Å².